The number of carbonyl (C=O) groups excluding carboxylic acids is 1. The highest BCUT2D eigenvalue weighted by molar-refractivity contribution is 5.93. The number of ether oxygens (including phenoxy) is 1. The van der Waals surface area contributed by atoms with Crippen LogP contribution in [0, 0.1) is 5.82 Å². The van der Waals surface area contributed by atoms with Gasteiger partial charge in [0, 0.05) is 12.6 Å². The van der Waals surface area contributed by atoms with Crippen molar-refractivity contribution in [2.24, 2.45) is 0 Å². The Balaban J connectivity index is 1.62. The summed E-state index contributed by atoms with van der Waals surface area (Å²) in [6.45, 7) is 0.305. The fourth-order valence-corrected chi connectivity index (χ4v) is 2.54. The molecule has 0 spiro atoms. The molecule has 0 atom stereocenters. The fraction of sp³-hybridized carbons (Fsp3) is 0.150. The molecule has 0 bridgehead atoms. The number of halogens is 1. The van der Waals surface area contributed by atoms with E-state index >= 15 is 0 Å². The number of aromatic nitrogens is 2. The largest absolute Gasteiger partial charge is 0.495 e. The van der Waals surface area contributed by atoms with Crippen LogP contribution in [0.3, 0.4) is 0 Å². The van der Waals surface area contributed by atoms with Crippen molar-refractivity contribution in [3.8, 4) is 5.75 Å². The lowest BCUT2D eigenvalue weighted by molar-refractivity contribution is 0.0949. The molecule has 1 aromatic heterocycles. The minimum absolute atomic E-state index is 0.218. The molecule has 7 heteroatoms. The summed E-state index contributed by atoms with van der Waals surface area (Å²) in [4.78, 5) is 20.4. The summed E-state index contributed by atoms with van der Waals surface area (Å²) in [6, 6.07) is 15.4. The van der Waals surface area contributed by atoms with Gasteiger partial charge in [0.1, 0.15) is 29.4 Å². The monoisotopic (exact) mass is 366 g/mol. The lowest BCUT2D eigenvalue weighted by Gasteiger charge is -2.11. The minimum atomic E-state index is -0.350. The smallest absolute Gasteiger partial charge is 0.270 e. The van der Waals surface area contributed by atoms with Gasteiger partial charge in [-0.05, 0) is 30.2 Å². The van der Waals surface area contributed by atoms with E-state index in [2.05, 4.69) is 20.6 Å². The highest BCUT2D eigenvalue weighted by atomic mass is 19.1. The number of para-hydroxylation sites is 2. The number of nitrogens with one attached hydrogen (secondary N) is 2. The third-order valence-electron chi connectivity index (χ3n) is 3.91. The van der Waals surface area contributed by atoms with Crippen molar-refractivity contribution in [1.82, 2.24) is 15.3 Å². The van der Waals surface area contributed by atoms with Crippen LogP contribution in [-0.2, 0) is 6.42 Å². The number of rotatable bonds is 7. The van der Waals surface area contributed by atoms with Gasteiger partial charge < -0.3 is 15.4 Å². The first-order valence-electron chi connectivity index (χ1n) is 8.41. The first-order chi connectivity index (χ1) is 13.2. The number of benzene rings is 2. The average Bonchev–Trinajstić information content (AvgIpc) is 2.70. The predicted octanol–water partition coefficient (Wildman–Crippen LogP) is 3.34. The van der Waals surface area contributed by atoms with E-state index in [4.69, 9.17) is 4.74 Å². The molecule has 3 aromatic rings. The lowest BCUT2D eigenvalue weighted by Crippen LogP contribution is -2.26. The van der Waals surface area contributed by atoms with Crippen LogP contribution < -0.4 is 15.4 Å². The molecule has 0 aliphatic heterocycles. The van der Waals surface area contributed by atoms with Crippen molar-refractivity contribution in [2.45, 2.75) is 6.42 Å². The number of hydrogen-bond donors (Lipinski definition) is 2. The molecule has 0 saturated carbocycles. The highest BCUT2D eigenvalue weighted by Gasteiger charge is 2.10. The summed E-state index contributed by atoms with van der Waals surface area (Å²) in [5.74, 6) is 0.495. The second-order valence-electron chi connectivity index (χ2n) is 5.71. The first-order valence-corrected chi connectivity index (χ1v) is 8.41. The molecule has 0 unspecified atom stereocenters. The van der Waals surface area contributed by atoms with Crippen molar-refractivity contribution < 1.29 is 13.9 Å². The summed E-state index contributed by atoms with van der Waals surface area (Å²) < 4.78 is 18.9. The van der Waals surface area contributed by atoms with E-state index in [1.807, 2.05) is 24.3 Å². The van der Waals surface area contributed by atoms with Crippen LogP contribution in [0.2, 0.25) is 0 Å². The zero-order valence-corrected chi connectivity index (χ0v) is 14.8. The SMILES string of the molecule is COc1ccccc1Nc1cc(C(=O)NCCc2ccccc2F)ncn1. The number of nitrogens with zero attached hydrogens (tertiary/aromatic N) is 2. The van der Waals surface area contributed by atoms with Gasteiger partial charge in [-0.3, -0.25) is 4.79 Å². The number of anilines is 2. The van der Waals surface area contributed by atoms with Gasteiger partial charge in [0.05, 0.1) is 12.8 Å². The Bertz CT molecular complexity index is 933. The van der Waals surface area contributed by atoms with Crippen LogP contribution in [0.4, 0.5) is 15.9 Å². The molecular weight excluding hydrogens is 347 g/mol. The second-order valence-corrected chi connectivity index (χ2v) is 5.71. The van der Waals surface area contributed by atoms with Gasteiger partial charge >= 0.3 is 0 Å². The molecule has 0 fully saturated rings. The third-order valence-corrected chi connectivity index (χ3v) is 3.91. The molecule has 0 aliphatic carbocycles. The number of carbonyl (C=O) groups is 1. The van der Waals surface area contributed by atoms with Crippen molar-refractivity contribution >= 4 is 17.4 Å². The van der Waals surface area contributed by atoms with Crippen LogP contribution in [-0.4, -0.2) is 29.5 Å². The Hall–Kier alpha value is -3.48. The Kier molecular flexibility index (Phi) is 5.94. The lowest BCUT2D eigenvalue weighted by atomic mass is 10.1. The first kappa shape index (κ1) is 18.3. The molecule has 138 valence electrons. The molecule has 0 radical (unpaired) electrons. The Labute approximate surface area is 156 Å². The van der Waals surface area contributed by atoms with E-state index in [0.717, 1.165) is 5.69 Å². The maximum atomic E-state index is 13.6. The van der Waals surface area contributed by atoms with E-state index < -0.39 is 0 Å². The predicted molar refractivity (Wildman–Crippen MR) is 101 cm³/mol. The van der Waals surface area contributed by atoms with Gasteiger partial charge in [-0.25, -0.2) is 14.4 Å². The Morgan fingerprint density at radius 1 is 1.11 bits per heavy atom. The summed E-state index contributed by atoms with van der Waals surface area (Å²) >= 11 is 0. The molecule has 2 aromatic carbocycles. The number of methoxy groups -OCH3 is 1. The minimum Gasteiger partial charge on any atom is -0.495 e. The van der Waals surface area contributed by atoms with E-state index in [-0.39, 0.29) is 17.4 Å². The van der Waals surface area contributed by atoms with Crippen LogP contribution in [0.1, 0.15) is 16.1 Å². The molecular formula is C20H19FN4O2. The zero-order chi connectivity index (χ0) is 19.1. The van der Waals surface area contributed by atoms with E-state index in [9.17, 15) is 9.18 Å². The van der Waals surface area contributed by atoms with Crippen molar-refractivity contribution in [3.63, 3.8) is 0 Å². The van der Waals surface area contributed by atoms with Crippen molar-refractivity contribution in [1.29, 1.82) is 0 Å². The van der Waals surface area contributed by atoms with Crippen molar-refractivity contribution in [2.75, 3.05) is 19.0 Å². The van der Waals surface area contributed by atoms with E-state index in [1.165, 1.54) is 12.4 Å². The molecule has 1 amide bonds. The molecule has 2 N–H and O–H groups in total. The average molecular weight is 366 g/mol. The highest BCUT2D eigenvalue weighted by Crippen LogP contribution is 2.26. The van der Waals surface area contributed by atoms with Crippen LogP contribution in [0.5, 0.6) is 5.75 Å². The Morgan fingerprint density at radius 2 is 1.89 bits per heavy atom. The molecule has 0 aliphatic rings. The van der Waals surface area contributed by atoms with E-state index in [0.29, 0.717) is 30.1 Å². The number of hydrogen-bond acceptors (Lipinski definition) is 5. The van der Waals surface area contributed by atoms with E-state index in [1.54, 1.807) is 31.4 Å². The normalized spacial score (nSPS) is 10.3. The summed E-state index contributed by atoms with van der Waals surface area (Å²) in [5, 5.41) is 5.84. The summed E-state index contributed by atoms with van der Waals surface area (Å²) in [7, 11) is 1.58. The molecule has 6 nitrogen and oxygen atoms in total. The Morgan fingerprint density at radius 3 is 2.70 bits per heavy atom. The van der Waals surface area contributed by atoms with Gasteiger partial charge in [-0.15, -0.1) is 0 Å². The quantitative estimate of drug-likeness (QED) is 0.671. The van der Waals surface area contributed by atoms with Crippen LogP contribution >= 0.6 is 0 Å². The van der Waals surface area contributed by atoms with Gasteiger partial charge in [0.15, 0.2) is 0 Å². The van der Waals surface area contributed by atoms with Crippen LogP contribution in [0.25, 0.3) is 0 Å². The summed E-state index contributed by atoms with van der Waals surface area (Å²) in [5.41, 5.74) is 1.50. The van der Waals surface area contributed by atoms with Gasteiger partial charge in [-0.1, -0.05) is 30.3 Å². The molecule has 1 heterocycles. The van der Waals surface area contributed by atoms with Gasteiger partial charge in [0.2, 0.25) is 0 Å². The standard InChI is InChI=1S/C20H19FN4O2/c1-27-18-9-5-4-8-16(18)25-19-12-17(23-13-24-19)20(26)22-11-10-14-6-2-3-7-15(14)21/h2-9,12-13H,10-11H2,1H3,(H,22,26)(H,23,24,25). The molecule has 3 rings (SSSR count). The second kappa shape index (κ2) is 8.75. The zero-order valence-electron chi connectivity index (χ0n) is 14.8. The maximum Gasteiger partial charge on any atom is 0.270 e. The van der Waals surface area contributed by atoms with Gasteiger partial charge in [0.25, 0.3) is 5.91 Å². The third kappa shape index (κ3) is 4.78. The van der Waals surface area contributed by atoms with Gasteiger partial charge in [-0.2, -0.15) is 0 Å². The summed E-state index contributed by atoms with van der Waals surface area (Å²) in [6.07, 6.45) is 1.71. The van der Waals surface area contributed by atoms with Crippen LogP contribution in [0.15, 0.2) is 60.9 Å². The number of amides is 1. The fourth-order valence-electron chi connectivity index (χ4n) is 2.54. The van der Waals surface area contributed by atoms with Crippen molar-refractivity contribution in [3.05, 3.63) is 78.0 Å². The topological polar surface area (TPSA) is 76.1 Å². The maximum absolute atomic E-state index is 13.6. The molecule has 27 heavy (non-hydrogen) atoms. The molecule has 0 saturated heterocycles.